The average molecular weight is 367 g/mol. The van der Waals surface area contributed by atoms with Gasteiger partial charge in [0, 0.05) is 16.8 Å². The minimum Gasteiger partial charge on any atom is -0.352 e. The summed E-state index contributed by atoms with van der Waals surface area (Å²) in [5.74, 6) is 0.450. The molecule has 2 aromatic rings. The van der Waals surface area contributed by atoms with Gasteiger partial charge >= 0.3 is 13.9 Å². The number of hydrogen-bond donors (Lipinski definition) is 1. The van der Waals surface area contributed by atoms with Crippen LogP contribution in [0.1, 0.15) is 26.5 Å². The lowest BCUT2D eigenvalue weighted by atomic mass is 10.3. The van der Waals surface area contributed by atoms with E-state index in [4.69, 9.17) is 13.8 Å². The molecule has 25 heavy (non-hydrogen) atoms. The fraction of sp³-hybridized carbons (Fsp3) is 0.375. The normalized spacial score (nSPS) is 13.9. The quantitative estimate of drug-likeness (QED) is 0.684. The first-order valence-corrected chi connectivity index (χ1v) is 8.89. The van der Waals surface area contributed by atoms with Crippen molar-refractivity contribution >= 4 is 8.25 Å². The van der Waals surface area contributed by atoms with Crippen LogP contribution in [-0.4, -0.2) is 22.3 Å². The molecule has 0 aliphatic carbocycles. The van der Waals surface area contributed by atoms with Crippen molar-refractivity contribution in [2.24, 2.45) is 0 Å². The van der Waals surface area contributed by atoms with Crippen LogP contribution < -0.4 is 15.8 Å². The lowest BCUT2D eigenvalue weighted by Gasteiger charge is -2.20. The largest absolute Gasteiger partial charge is 0.750 e. The Morgan fingerprint density at radius 3 is 2.56 bits per heavy atom. The first-order chi connectivity index (χ1) is 12.0. The van der Waals surface area contributed by atoms with Crippen LogP contribution in [0.2, 0.25) is 0 Å². The van der Waals surface area contributed by atoms with E-state index in [1.165, 1.54) is 16.8 Å². The van der Waals surface area contributed by atoms with Crippen LogP contribution >= 0.6 is 8.25 Å². The fourth-order valence-electron chi connectivity index (χ4n) is 2.05. The lowest BCUT2D eigenvalue weighted by molar-refractivity contribution is -0.0641. The Labute approximate surface area is 145 Å². The van der Waals surface area contributed by atoms with Crippen LogP contribution in [-0.2, 0) is 13.8 Å². The molecule has 0 aliphatic rings. The predicted octanol–water partition coefficient (Wildman–Crippen LogP) is 2.60. The number of nitrogens with zero attached hydrogens (tertiary/aromatic N) is 1. The smallest absolute Gasteiger partial charge is 0.352 e. The molecule has 8 nitrogen and oxygen atoms in total. The molecule has 1 aromatic carbocycles. The van der Waals surface area contributed by atoms with E-state index in [0.717, 1.165) is 0 Å². The van der Waals surface area contributed by atoms with Crippen molar-refractivity contribution in [1.82, 2.24) is 9.55 Å². The van der Waals surface area contributed by atoms with Gasteiger partial charge in [0.1, 0.15) is 12.8 Å². The third kappa shape index (κ3) is 5.94. The summed E-state index contributed by atoms with van der Waals surface area (Å²) in [5, 5.41) is 0. The highest BCUT2D eigenvalue weighted by Crippen LogP contribution is 2.28. The Bertz CT molecular complexity index is 804. The number of aromatic nitrogens is 2. The van der Waals surface area contributed by atoms with Crippen LogP contribution in [0.25, 0.3) is 0 Å². The van der Waals surface area contributed by atoms with E-state index >= 15 is 0 Å². The van der Waals surface area contributed by atoms with Crippen molar-refractivity contribution in [2.75, 3.05) is 6.61 Å². The fourth-order valence-corrected chi connectivity index (χ4v) is 2.68. The second-order valence-corrected chi connectivity index (χ2v) is 6.09. The van der Waals surface area contributed by atoms with Crippen molar-refractivity contribution in [2.45, 2.75) is 32.6 Å². The number of nitrogens with one attached hydrogen (secondary N) is 1. The first kappa shape index (κ1) is 19.1. The van der Waals surface area contributed by atoms with Gasteiger partial charge in [-0.25, -0.2) is 9.32 Å². The summed E-state index contributed by atoms with van der Waals surface area (Å²) in [5.41, 5.74) is -1.03. The van der Waals surface area contributed by atoms with Gasteiger partial charge < -0.3 is 4.74 Å². The number of H-pyrrole nitrogens is 1. The predicted molar refractivity (Wildman–Crippen MR) is 91.8 cm³/mol. The third-order valence-corrected chi connectivity index (χ3v) is 4.10. The zero-order valence-electron chi connectivity index (χ0n) is 14.0. The standard InChI is InChI=1S/C16H19N2O6P/c1-3-13(11-22-25(21)24-14-7-5-4-6-8-14)23-12(2)18-10-9-15(19)17-16(18)20/h4-10,12-13H,3,11H2,1-2H3/p+1. The summed E-state index contributed by atoms with van der Waals surface area (Å²) >= 11 is 0. The number of aromatic amines is 1. The summed E-state index contributed by atoms with van der Waals surface area (Å²) in [6.07, 6.45) is 0.924. The zero-order chi connectivity index (χ0) is 18.2. The van der Waals surface area contributed by atoms with E-state index < -0.39 is 31.8 Å². The molecule has 9 heteroatoms. The Kier molecular flexibility index (Phi) is 7.06. The van der Waals surface area contributed by atoms with Crippen LogP contribution in [0.3, 0.4) is 0 Å². The Hall–Kier alpha value is -2.28. The molecule has 0 saturated carbocycles. The lowest BCUT2D eigenvalue weighted by Crippen LogP contribution is -2.33. The molecule has 0 radical (unpaired) electrons. The Balaban J connectivity index is 1.88. The molecule has 0 amide bonds. The highest BCUT2D eigenvalue weighted by Gasteiger charge is 2.25. The summed E-state index contributed by atoms with van der Waals surface area (Å²) in [6, 6.07) is 9.94. The van der Waals surface area contributed by atoms with Gasteiger partial charge in [-0.15, -0.1) is 4.52 Å². The number of ether oxygens (including phenoxy) is 1. The van der Waals surface area contributed by atoms with Gasteiger partial charge in [0.25, 0.3) is 5.56 Å². The monoisotopic (exact) mass is 367 g/mol. The van der Waals surface area contributed by atoms with Crippen molar-refractivity contribution in [1.29, 1.82) is 0 Å². The van der Waals surface area contributed by atoms with E-state index in [-0.39, 0.29) is 6.61 Å². The van der Waals surface area contributed by atoms with Crippen molar-refractivity contribution in [3.05, 3.63) is 63.4 Å². The van der Waals surface area contributed by atoms with Crippen molar-refractivity contribution in [3.63, 3.8) is 0 Å². The second kappa shape index (κ2) is 9.27. The third-order valence-electron chi connectivity index (χ3n) is 3.38. The maximum absolute atomic E-state index is 11.8. The first-order valence-electron chi connectivity index (χ1n) is 7.79. The Morgan fingerprint density at radius 1 is 1.20 bits per heavy atom. The zero-order valence-corrected chi connectivity index (χ0v) is 14.8. The van der Waals surface area contributed by atoms with Crippen LogP contribution in [0.5, 0.6) is 5.75 Å². The van der Waals surface area contributed by atoms with Crippen molar-refractivity contribution < 1.29 is 18.3 Å². The molecule has 0 aliphatic heterocycles. The molecule has 1 heterocycles. The van der Waals surface area contributed by atoms with Gasteiger partial charge in [-0.2, -0.15) is 0 Å². The van der Waals surface area contributed by atoms with E-state index in [1.807, 2.05) is 13.0 Å². The SMILES string of the molecule is CCC(CO[P+](=O)Oc1ccccc1)OC(C)n1ccc(=O)[nH]c1=O. The van der Waals surface area contributed by atoms with Gasteiger partial charge in [-0.1, -0.05) is 25.1 Å². The van der Waals surface area contributed by atoms with Gasteiger partial charge in [-0.05, 0) is 25.5 Å². The molecule has 134 valence electrons. The molecule has 0 saturated heterocycles. The van der Waals surface area contributed by atoms with Gasteiger partial charge in [0.2, 0.25) is 0 Å². The molecular formula is C16H20N2O6P+. The van der Waals surface area contributed by atoms with E-state index in [9.17, 15) is 14.2 Å². The maximum Gasteiger partial charge on any atom is 0.750 e. The minimum absolute atomic E-state index is 0.0426. The molecule has 1 aromatic heterocycles. The van der Waals surface area contributed by atoms with E-state index in [2.05, 4.69) is 4.98 Å². The van der Waals surface area contributed by atoms with Crippen molar-refractivity contribution in [3.8, 4) is 5.75 Å². The molecular weight excluding hydrogens is 347 g/mol. The molecule has 0 bridgehead atoms. The maximum atomic E-state index is 11.8. The topological polar surface area (TPSA) is 99.6 Å². The summed E-state index contributed by atoms with van der Waals surface area (Å²) in [7, 11) is -2.33. The summed E-state index contributed by atoms with van der Waals surface area (Å²) in [4.78, 5) is 25.0. The number of rotatable bonds is 9. The highest BCUT2D eigenvalue weighted by atomic mass is 31.1. The molecule has 3 atom stereocenters. The number of para-hydroxylation sites is 1. The molecule has 0 fully saturated rings. The van der Waals surface area contributed by atoms with Gasteiger partial charge in [-0.3, -0.25) is 14.3 Å². The summed E-state index contributed by atoms with van der Waals surface area (Å²) in [6.45, 7) is 3.59. The van der Waals surface area contributed by atoms with Crippen LogP contribution in [0.15, 0.2) is 52.2 Å². The molecule has 1 N–H and O–H groups in total. The van der Waals surface area contributed by atoms with Crippen LogP contribution in [0.4, 0.5) is 0 Å². The molecule has 3 unspecified atom stereocenters. The van der Waals surface area contributed by atoms with Gasteiger partial charge in [0.15, 0.2) is 5.75 Å². The average Bonchev–Trinajstić information content (AvgIpc) is 2.59. The van der Waals surface area contributed by atoms with E-state index in [0.29, 0.717) is 12.2 Å². The molecule has 2 rings (SSSR count). The summed E-state index contributed by atoms with van der Waals surface area (Å²) < 4.78 is 29.2. The number of benzene rings is 1. The highest BCUT2D eigenvalue weighted by molar-refractivity contribution is 7.33. The second-order valence-electron chi connectivity index (χ2n) is 5.21. The van der Waals surface area contributed by atoms with Crippen LogP contribution in [0, 0.1) is 0 Å². The Morgan fingerprint density at radius 2 is 1.92 bits per heavy atom. The minimum atomic E-state index is -2.33. The number of hydrogen-bond acceptors (Lipinski definition) is 6. The van der Waals surface area contributed by atoms with Gasteiger partial charge in [0.05, 0.1) is 6.10 Å². The van der Waals surface area contributed by atoms with E-state index in [1.54, 1.807) is 31.2 Å². The molecule has 0 spiro atoms.